The van der Waals surface area contributed by atoms with Crippen LogP contribution in [-0.4, -0.2) is 16.9 Å². The summed E-state index contributed by atoms with van der Waals surface area (Å²) in [4.78, 5) is 14.9. The highest BCUT2D eigenvalue weighted by molar-refractivity contribution is 5.92. The van der Waals surface area contributed by atoms with Crippen LogP contribution in [0.25, 0.3) is 0 Å². The SMILES string of the molecule is Cc1coc(NC(=O)C(C)N)n1. The van der Waals surface area contributed by atoms with Crippen LogP contribution in [0, 0.1) is 6.92 Å². The first-order valence-corrected chi connectivity index (χ1v) is 3.58. The number of aryl methyl sites for hydroxylation is 1. The van der Waals surface area contributed by atoms with Gasteiger partial charge in [-0.25, -0.2) is 0 Å². The van der Waals surface area contributed by atoms with Gasteiger partial charge in [-0.3, -0.25) is 10.1 Å². The predicted octanol–water partition coefficient (Wildman–Crippen LogP) is 0.269. The molecule has 0 aliphatic heterocycles. The maximum Gasteiger partial charge on any atom is 0.301 e. The number of nitrogens with two attached hydrogens (primary N) is 1. The molecule has 1 rings (SSSR count). The average molecular weight is 169 g/mol. The van der Waals surface area contributed by atoms with Crippen LogP contribution in [0.5, 0.6) is 0 Å². The van der Waals surface area contributed by atoms with Crippen LogP contribution in [0.4, 0.5) is 6.01 Å². The smallest absolute Gasteiger partial charge is 0.301 e. The van der Waals surface area contributed by atoms with E-state index < -0.39 is 6.04 Å². The van der Waals surface area contributed by atoms with Crippen molar-refractivity contribution in [3.8, 4) is 0 Å². The fraction of sp³-hybridized carbons (Fsp3) is 0.429. The Morgan fingerprint density at radius 3 is 2.92 bits per heavy atom. The summed E-state index contributed by atoms with van der Waals surface area (Å²) in [5, 5.41) is 2.42. The molecule has 0 radical (unpaired) electrons. The molecule has 12 heavy (non-hydrogen) atoms. The number of hydrogen-bond donors (Lipinski definition) is 2. The van der Waals surface area contributed by atoms with Gasteiger partial charge in [0.05, 0.1) is 11.7 Å². The van der Waals surface area contributed by atoms with Gasteiger partial charge in [-0.15, -0.1) is 0 Å². The molecule has 5 heteroatoms. The third-order valence-corrected chi connectivity index (χ3v) is 1.26. The van der Waals surface area contributed by atoms with Crippen LogP contribution in [0.2, 0.25) is 0 Å². The van der Waals surface area contributed by atoms with Crippen molar-refractivity contribution >= 4 is 11.9 Å². The molecule has 0 aromatic carbocycles. The standard InChI is InChI=1S/C7H11N3O2/c1-4-3-12-7(9-4)10-6(11)5(2)8/h3,5H,8H2,1-2H3,(H,9,10,11). The summed E-state index contributed by atoms with van der Waals surface area (Å²) in [6, 6.07) is -0.369. The van der Waals surface area contributed by atoms with Crippen LogP contribution >= 0.6 is 0 Å². The van der Waals surface area contributed by atoms with Gasteiger partial charge >= 0.3 is 6.01 Å². The first-order valence-electron chi connectivity index (χ1n) is 3.58. The Labute approximate surface area is 70.0 Å². The number of aromatic nitrogens is 1. The summed E-state index contributed by atoms with van der Waals surface area (Å²) >= 11 is 0. The predicted molar refractivity (Wildman–Crippen MR) is 43.5 cm³/mol. The zero-order valence-electron chi connectivity index (χ0n) is 7.00. The molecule has 1 aromatic rings. The van der Waals surface area contributed by atoms with Crippen molar-refractivity contribution in [1.29, 1.82) is 0 Å². The third-order valence-electron chi connectivity index (χ3n) is 1.26. The molecule has 1 heterocycles. The lowest BCUT2D eigenvalue weighted by atomic mass is 10.3. The molecule has 0 bridgehead atoms. The van der Waals surface area contributed by atoms with E-state index in [0.717, 1.165) is 5.69 Å². The van der Waals surface area contributed by atoms with E-state index in [1.807, 2.05) is 0 Å². The summed E-state index contributed by atoms with van der Waals surface area (Å²) in [7, 11) is 0. The lowest BCUT2D eigenvalue weighted by Crippen LogP contribution is -2.32. The Balaban J connectivity index is 2.58. The summed E-state index contributed by atoms with van der Waals surface area (Å²) in [6.07, 6.45) is 1.46. The number of nitrogens with one attached hydrogen (secondary N) is 1. The molecule has 1 atom stereocenters. The Hall–Kier alpha value is -1.36. The maximum atomic E-state index is 11.0. The monoisotopic (exact) mass is 169 g/mol. The molecule has 66 valence electrons. The van der Waals surface area contributed by atoms with Crippen LogP contribution in [0.3, 0.4) is 0 Å². The number of rotatable bonds is 2. The number of carbonyl (C=O) groups excluding carboxylic acids is 1. The van der Waals surface area contributed by atoms with Gasteiger partial charge in [0.25, 0.3) is 0 Å². The van der Waals surface area contributed by atoms with Crippen LogP contribution in [0.15, 0.2) is 10.7 Å². The van der Waals surface area contributed by atoms with Crippen molar-refractivity contribution < 1.29 is 9.21 Å². The minimum atomic E-state index is -0.558. The van der Waals surface area contributed by atoms with Gasteiger partial charge in [0.2, 0.25) is 5.91 Å². The number of carbonyl (C=O) groups is 1. The molecule has 3 N–H and O–H groups in total. The van der Waals surface area contributed by atoms with E-state index in [1.165, 1.54) is 6.26 Å². The molecule has 1 aromatic heterocycles. The van der Waals surface area contributed by atoms with E-state index in [2.05, 4.69) is 10.3 Å². The Bertz CT molecular complexity index is 280. The third kappa shape index (κ3) is 2.06. The lowest BCUT2D eigenvalue weighted by molar-refractivity contribution is -0.117. The van der Waals surface area contributed by atoms with Crippen LogP contribution < -0.4 is 11.1 Å². The van der Waals surface area contributed by atoms with E-state index in [4.69, 9.17) is 10.2 Å². The van der Waals surface area contributed by atoms with Gasteiger partial charge in [0, 0.05) is 0 Å². The second kappa shape index (κ2) is 3.36. The molecule has 1 amide bonds. The average Bonchev–Trinajstić information content (AvgIpc) is 2.35. The highest BCUT2D eigenvalue weighted by Gasteiger charge is 2.09. The first-order chi connectivity index (χ1) is 5.59. The Morgan fingerprint density at radius 2 is 2.50 bits per heavy atom. The zero-order chi connectivity index (χ0) is 9.14. The molecule has 0 saturated heterocycles. The molecule has 0 aliphatic carbocycles. The van der Waals surface area contributed by atoms with Gasteiger partial charge in [-0.1, -0.05) is 0 Å². The number of anilines is 1. The van der Waals surface area contributed by atoms with E-state index in [-0.39, 0.29) is 11.9 Å². The number of oxazole rings is 1. The summed E-state index contributed by atoms with van der Waals surface area (Å²) in [6.45, 7) is 3.36. The Morgan fingerprint density at radius 1 is 1.83 bits per heavy atom. The zero-order valence-corrected chi connectivity index (χ0v) is 7.00. The molecule has 0 aliphatic rings. The highest BCUT2D eigenvalue weighted by atomic mass is 16.4. The molecular formula is C7H11N3O2. The Kier molecular flexibility index (Phi) is 2.44. The highest BCUT2D eigenvalue weighted by Crippen LogP contribution is 2.05. The summed E-state index contributed by atoms with van der Waals surface area (Å²) < 4.78 is 4.89. The van der Waals surface area contributed by atoms with E-state index in [0.29, 0.717) is 0 Å². The maximum absolute atomic E-state index is 11.0. The van der Waals surface area contributed by atoms with Gasteiger partial charge in [0.1, 0.15) is 6.26 Å². The molecule has 5 nitrogen and oxygen atoms in total. The minimum Gasteiger partial charge on any atom is -0.432 e. The molecular weight excluding hydrogens is 158 g/mol. The van der Waals surface area contributed by atoms with E-state index in [1.54, 1.807) is 13.8 Å². The van der Waals surface area contributed by atoms with Gasteiger partial charge in [0.15, 0.2) is 0 Å². The summed E-state index contributed by atoms with van der Waals surface area (Å²) in [5.74, 6) is -0.308. The minimum absolute atomic E-state index is 0.190. The number of amides is 1. The largest absolute Gasteiger partial charge is 0.432 e. The quantitative estimate of drug-likeness (QED) is 0.665. The van der Waals surface area contributed by atoms with Gasteiger partial charge in [-0.2, -0.15) is 4.98 Å². The fourth-order valence-electron chi connectivity index (χ4n) is 0.631. The van der Waals surface area contributed by atoms with Crippen molar-refractivity contribution in [3.05, 3.63) is 12.0 Å². The van der Waals surface area contributed by atoms with Gasteiger partial charge in [-0.05, 0) is 13.8 Å². The van der Waals surface area contributed by atoms with E-state index in [9.17, 15) is 4.79 Å². The van der Waals surface area contributed by atoms with Gasteiger partial charge < -0.3 is 10.2 Å². The van der Waals surface area contributed by atoms with Crippen LogP contribution in [-0.2, 0) is 4.79 Å². The first kappa shape index (κ1) is 8.73. The second-order valence-corrected chi connectivity index (χ2v) is 2.57. The van der Waals surface area contributed by atoms with Crippen molar-refractivity contribution in [2.24, 2.45) is 5.73 Å². The van der Waals surface area contributed by atoms with Crippen molar-refractivity contribution in [1.82, 2.24) is 4.98 Å². The van der Waals surface area contributed by atoms with Crippen molar-refractivity contribution in [2.45, 2.75) is 19.9 Å². The molecule has 0 saturated carbocycles. The normalized spacial score (nSPS) is 12.6. The summed E-state index contributed by atoms with van der Waals surface area (Å²) in [5.41, 5.74) is 6.03. The molecule has 1 unspecified atom stereocenters. The second-order valence-electron chi connectivity index (χ2n) is 2.57. The topological polar surface area (TPSA) is 81.2 Å². The van der Waals surface area contributed by atoms with Crippen molar-refractivity contribution in [3.63, 3.8) is 0 Å². The molecule has 0 spiro atoms. The van der Waals surface area contributed by atoms with E-state index >= 15 is 0 Å². The van der Waals surface area contributed by atoms with Crippen LogP contribution in [0.1, 0.15) is 12.6 Å². The van der Waals surface area contributed by atoms with Crippen molar-refractivity contribution in [2.75, 3.05) is 5.32 Å². The lowest BCUT2D eigenvalue weighted by Gasteiger charge is -2.02. The molecule has 0 fully saturated rings. The fourth-order valence-corrected chi connectivity index (χ4v) is 0.631. The number of nitrogens with zero attached hydrogens (tertiary/aromatic N) is 1. The number of hydrogen-bond acceptors (Lipinski definition) is 4.